The molecule has 2 aromatic rings. The first-order valence-corrected chi connectivity index (χ1v) is 7.24. The Kier molecular flexibility index (Phi) is 5.73. The van der Waals surface area contributed by atoms with E-state index in [2.05, 4.69) is 5.32 Å². The molecule has 3 N–H and O–H groups in total. The predicted molar refractivity (Wildman–Crippen MR) is 86.7 cm³/mol. The summed E-state index contributed by atoms with van der Waals surface area (Å²) >= 11 is 0. The molecule has 2 aromatic carbocycles. The monoisotopic (exact) mass is 332 g/mol. The molecule has 126 valence electrons. The summed E-state index contributed by atoms with van der Waals surface area (Å²) in [4.78, 5) is 23.5. The van der Waals surface area contributed by atoms with Gasteiger partial charge in [-0.15, -0.1) is 0 Å². The van der Waals surface area contributed by atoms with Crippen molar-refractivity contribution in [1.82, 2.24) is 0 Å². The number of rotatable bonds is 7. The number of nitrogens with two attached hydrogens (primary N) is 1. The number of anilines is 1. The van der Waals surface area contributed by atoms with E-state index in [0.717, 1.165) is 0 Å². The summed E-state index contributed by atoms with van der Waals surface area (Å²) in [6.45, 7) is 1.96. The third kappa shape index (κ3) is 4.70. The molecule has 0 aliphatic carbocycles. The maximum atomic E-state index is 12.8. The molecular formula is C17H17FN2O4. The molecule has 0 spiro atoms. The van der Waals surface area contributed by atoms with Crippen LogP contribution in [0, 0.1) is 5.82 Å². The van der Waals surface area contributed by atoms with Crippen LogP contribution in [-0.2, 0) is 4.79 Å². The SMILES string of the molecule is CCOc1ccc(NC(=O)COc2ccc(F)cc2)c(C(N)=O)c1. The van der Waals surface area contributed by atoms with E-state index in [4.69, 9.17) is 15.2 Å². The molecule has 0 heterocycles. The minimum atomic E-state index is -0.689. The molecule has 0 saturated carbocycles. The van der Waals surface area contributed by atoms with Gasteiger partial charge in [-0.25, -0.2) is 4.39 Å². The van der Waals surface area contributed by atoms with E-state index in [-0.39, 0.29) is 17.9 Å². The Balaban J connectivity index is 2.02. The number of carbonyl (C=O) groups is 2. The van der Waals surface area contributed by atoms with Crippen LogP contribution in [-0.4, -0.2) is 25.0 Å². The smallest absolute Gasteiger partial charge is 0.262 e. The number of primary amides is 1. The fourth-order valence-corrected chi connectivity index (χ4v) is 1.96. The Hall–Kier alpha value is -3.09. The van der Waals surface area contributed by atoms with Gasteiger partial charge in [0.1, 0.15) is 17.3 Å². The molecule has 6 nitrogen and oxygen atoms in total. The van der Waals surface area contributed by atoms with Crippen molar-refractivity contribution in [1.29, 1.82) is 0 Å². The molecule has 24 heavy (non-hydrogen) atoms. The van der Waals surface area contributed by atoms with Gasteiger partial charge in [0.25, 0.3) is 11.8 Å². The van der Waals surface area contributed by atoms with E-state index in [0.29, 0.717) is 18.1 Å². The normalized spacial score (nSPS) is 10.1. The molecule has 2 rings (SSSR count). The van der Waals surface area contributed by atoms with Crippen molar-refractivity contribution < 1.29 is 23.5 Å². The number of halogens is 1. The highest BCUT2D eigenvalue weighted by Gasteiger charge is 2.13. The highest BCUT2D eigenvalue weighted by Crippen LogP contribution is 2.22. The molecule has 0 radical (unpaired) electrons. The largest absolute Gasteiger partial charge is 0.494 e. The zero-order valence-electron chi connectivity index (χ0n) is 13.0. The van der Waals surface area contributed by atoms with E-state index >= 15 is 0 Å². The van der Waals surface area contributed by atoms with Crippen LogP contribution in [0.5, 0.6) is 11.5 Å². The van der Waals surface area contributed by atoms with Gasteiger partial charge in [-0.05, 0) is 49.4 Å². The van der Waals surface area contributed by atoms with Crippen LogP contribution in [0.25, 0.3) is 0 Å². The number of amides is 2. The van der Waals surface area contributed by atoms with Gasteiger partial charge in [0.05, 0.1) is 17.9 Å². The van der Waals surface area contributed by atoms with Crippen molar-refractivity contribution in [3.05, 3.63) is 53.8 Å². The molecule has 0 fully saturated rings. The van der Waals surface area contributed by atoms with Crippen LogP contribution >= 0.6 is 0 Å². The average Bonchev–Trinajstić information content (AvgIpc) is 2.56. The van der Waals surface area contributed by atoms with Crippen molar-refractivity contribution in [2.45, 2.75) is 6.92 Å². The summed E-state index contributed by atoms with van der Waals surface area (Å²) in [6.07, 6.45) is 0. The number of carbonyl (C=O) groups excluding carboxylic acids is 2. The van der Waals surface area contributed by atoms with Gasteiger partial charge in [0.15, 0.2) is 6.61 Å². The third-order valence-corrected chi connectivity index (χ3v) is 3.03. The number of hydrogen-bond donors (Lipinski definition) is 2. The maximum Gasteiger partial charge on any atom is 0.262 e. The molecule has 0 atom stereocenters. The molecule has 0 aliphatic heterocycles. The molecule has 0 saturated heterocycles. The first-order chi connectivity index (χ1) is 11.5. The standard InChI is InChI=1S/C17H17FN2O4/c1-2-23-13-7-8-15(14(9-13)17(19)22)20-16(21)10-24-12-5-3-11(18)4-6-12/h3-9H,2,10H2,1H3,(H2,19,22)(H,20,21). The van der Waals surface area contributed by atoms with E-state index in [1.807, 2.05) is 6.92 Å². The second-order valence-corrected chi connectivity index (χ2v) is 4.80. The van der Waals surface area contributed by atoms with E-state index in [1.165, 1.54) is 36.4 Å². The Morgan fingerprint density at radius 2 is 1.75 bits per heavy atom. The Labute approximate surface area is 138 Å². The van der Waals surface area contributed by atoms with E-state index in [1.54, 1.807) is 6.07 Å². The molecule has 0 aromatic heterocycles. The Morgan fingerprint density at radius 3 is 2.38 bits per heavy atom. The van der Waals surface area contributed by atoms with Crippen LogP contribution in [0.15, 0.2) is 42.5 Å². The number of hydrogen-bond acceptors (Lipinski definition) is 4. The quantitative estimate of drug-likeness (QED) is 0.814. The van der Waals surface area contributed by atoms with Crippen LogP contribution in [0.3, 0.4) is 0 Å². The van der Waals surface area contributed by atoms with Gasteiger partial charge < -0.3 is 20.5 Å². The van der Waals surface area contributed by atoms with Crippen molar-refractivity contribution >= 4 is 17.5 Å². The fraction of sp³-hybridized carbons (Fsp3) is 0.176. The Morgan fingerprint density at radius 1 is 1.08 bits per heavy atom. The van der Waals surface area contributed by atoms with Gasteiger partial charge in [0, 0.05) is 0 Å². The highest BCUT2D eigenvalue weighted by molar-refractivity contribution is 6.03. The summed E-state index contributed by atoms with van der Waals surface area (Å²) in [6, 6.07) is 9.88. The summed E-state index contributed by atoms with van der Waals surface area (Å²) in [5.74, 6) is -0.732. The molecule has 0 aliphatic rings. The molecule has 2 amide bonds. The predicted octanol–water partition coefficient (Wildman–Crippen LogP) is 2.34. The second kappa shape index (κ2) is 7.96. The summed E-state index contributed by atoms with van der Waals surface area (Å²) in [5, 5.41) is 2.55. The van der Waals surface area contributed by atoms with Gasteiger partial charge in [-0.1, -0.05) is 0 Å². The second-order valence-electron chi connectivity index (χ2n) is 4.80. The summed E-state index contributed by atoms with van der Waals surface area (Å²) in [7, 11) is 0. The van der Waals surface area contributed by atoms with Crippen LogP contribution in [0.4, 0.5) is 10.1 Å². The summed E-state index contributed by atoms with van der Waals surface area (Å²) < 4.78 is 23.3. The third-order valence-electron chi connectivity index (χ3n) is 3.03. The lowest BCUT2D eigenvalue weighted by molar-refractivity contribution is -0.118. The number of nitrogens with one attached hydrogen (secondary N) is 1. The first kappa shape index (κ1) is 17.3. The first-order valence-electron chi connectivity index (χ1n) is 7.24. The topological polar surface area (TPSA) is 90.7 Å². The molecule has 0 unspecified atom stereocenters. The summed E-state index contributed by atoms with van der Waals surface area (Å²) in [5.41, 5.74) is 5.72. The minimum absolute atomic E-state index is 0.135. The molecule has 7 heteroatoms. The van der Waals surface area contributed by atoms with Crippen LogP contribution in [0.1, 0.15) is 17.3 Å². The fourth-order valence-electron chi connectivity index (χ4n) is 1.96. The Bertz CT molecular complexity index is 732. The van der Waals surface area contributed by atoms with Crippen LogP contribution in [0.2, 0.25) is 0 Å². The van der Waals surface area contributed by atoms with Crippen LogP contribution < -0.4 is 20.5 Å². The average molecular weight is 332 g/mol. The van der Waals surface area contributed by atoms with Crippen molar-refractivity contribution in [2.24, 2.45) is 5.73 Å². The zero-order valence-corrected chi connectivity index (χ0v) is 13.0. The lowest BCUT2D eigenvalue weighted by Gasteiger charge is -2.12. The van der Waals surface area contributed by atoms with Gasteiger partial charge in [-0.3, -0.25) is 9.59 Å². The number of ether oxygens (including phenoxy) is 2. The lowest BCUT2D eigenvalue weighted by atomic mass is 10.1. The highest BCUT2D eigenvalue weighted by atomic mass is 19.1. The lowest BCUT2D eigenvalue weighted by Crippen LogP contribution is -2.23. The van der Waals surface area contributed by atoms with Crippen molar-refractivity contribution in [2.75, 3.05) is 18.5 Å². The number of benzene rings is 2. The maximum absolute atomic E-state index is 12.8. The molecular weight excluding hydrogens is 315 g/mol. The van der Waals surface area contributed by atoms with Gasteiger partial charge in [-0.2, -0.15) is 0 Å². The molecule has 0 bridgehead atoms. The zero-order chi connectivity index (χ0) is 17.5. The van der Waals surface area contributed by atoms with Crippen molar-refractivity contribution in [3.63, 3.8) is 0 Å². The van der Waals surface area contributed by atoms with E-state index in [9.17, 15) is 14.0 Å². The van der Waals surface area contributed by atoms with Crippen molar-refractivity contribution in [3.8, 4) is 11.5 Å². The van der Waals surface area contributed by atoms with Gasteiger partial charge in [0.2, 0.25) is 0 Å². The van der Waals surface area contributed by atoms with E-state index < -0.39 is 17.6 Å². The minimum Gasteiger partial charge on any atom is -0.494 e. The van der Waals surface area contributed by atoms with Gasteiger partial charge >= 0.3 is 0 Å².